The van der Waals surface area contributed by atoms with Crippen LogP contribution in [0.3, 0.4) is 0 Å². The van der Waals surface area contributed by atoms with Crippen LogP contribution in [0.1, 0.15) is 17.3 Å². The lowest BCUT2D eigenvalue weighted by molar-refractivity contribution is 0.00359. The number of pyridine rings is 1. The third-order valence-corrected chi connectivity index (χ3v) is 3.37. The fourth-order valence-electron chi connectivity index (χ4n) is 2.26. The summed E-state index contributed by atoms with van der Waals surface area (Å²) in [5, 5.41) is 4.23. The third-order valence-electron chi connectivity index (χ3n) is 3.37. The molecule has 1 saturated heterocycles. The second-order valence-corrected chi connectivity index (χ2v) is 4.81. The number of carbonyl (C=O) groups excluding carboxylic acids is 1. The van der Waals surface area contributed by atoms with Gasteiger partial charge in [0.1, 0.15) is 0 Å². The van der Waals surface area contributed by atoms with E-state index in [4.69, 9.17) is 4.74 Å². The highest BCUT2D eigenvalue weighted by atomic mass is 16.5. The van der Waals surface area contributed by atoms with Gasteiger partial charge in [0.05, 0.1) is 42.9 Å². The fourth-order valence-corrected chi connectivity index (χ4v) is 2.26. The normalized spacial score (nSPS) is 19.1. The number of ether oxygens (including phenoxy) is 1. The minimum absolute atomic E-state index is 0.00376. The second-order valence-electron chi connectivity index (χ2n) is 4.81. The van der Waals surface area contributed by atoms with Crippen molar-refractivity contribution in [1.29, 1.82) is 0 Å². The molecule has 2 aromatic heterocycles. The lowest BCUT2D eigenvalue weighted by Crippen LogP contribution is -2.47. The van der Waals surface area contributed by atoms with Gasteiger partial charge in [0.25, 0.3) is 5.91 Å². The van der Waals surface area contributed by atoms with Crippen LogP contribution in [0.2, 0.25) is 0 Å². The minimum atomic E-state index is -0.00376. The smallest absolute Gasteiger partial charge is 0.257 e. The molecule has 1 aliphatic rings. The molecule has 2 aromatic rings. The van der Waals surface area contributed by atoms with Gasteiger partial charge in [-0.3, -0.25) is 9.78 Å². The number of carbonyl (C=O) groups is 1. The van der Waals surface area contributed by atoms with Crippen LogP contribution in [-0.4, -0.2) is 51.4 Å². The van der Waals surface area contributed by atoms with E-state index in [2.05, 4.69) is 10.1 Å². The van der Waals surface area contributed by atoms with Gasteiger partial charge in [0, 0.05) is 18.9 Å². The first-order valence-corrected chi connectivity index (χ1v) is 6.59. The van der Waals surface area contributed by atoms with Gasteiger partial charge in [-0.1, -0.05) is 0 Å². The number of morpholine rings is 1. The summed E-state index contributed by atoms with van der Waals surface area (Å²) in [7, 11) is 0. The first kappa shape index (κ1) is 12.8. The van der Waals surface area contributed by atoms with E-state index in [0.29, 0.717) is 25.3 Å². The molecule has 1 fully saturated rings. The third kappa shape index (κ3) is 2.42. The van der Waals surface area contributed by atoms with Crippen LogP contribution >= 0.6 is 0 Å². The summed E-state index contributed by atoms with van der Waals surface area (Å²) in [6.45, 7) is 3.79. The van der Waals surface area contributed by atoms with Gasteiger partial charge in [-0.25, -0.2) is 4.68 Å². The Kier molecular flexibility index (Phi) is 3.47. The molecule has 0 aromatic carbocycles. The molecule has 0 aliphatic carbocycles. The zero-order valence-electron chi connectivity index (χ0n) is 11.3. The van der Waals surface area contributed by atoms with Crippen molar-refractivity contribution in [1.82, 2.24) is 19.7 Å². The first-order chi connectivity index (χ1) is 9.75. The molecule has 1 atom stereocenters. The van der Waals surface area contributed by atoms with Crippen molar-refractivity contribution < 1.29 is 9.53 Å². The Bertz CT molecular complexity index is 596. The molecule has 0 bridgehead atoms. The fraction of sp³-hybridized carbons (Fsp3) is 0.357. The SMILES string of the molecule is C[C@@H]1COCCN1C(=O)c1cnn(-c2cccnc2)c1. The molecule has 6 heteroatoms. The monoisotopic (exact) mass is 272 g/mol. The van der Waals surface area contributed by atoms with Crippen molar-refractivity contribution in [3.05, 3.63) is 42.5 Å². The van der Waals surface area contributed by atoms with Crippen molar-refractivity contribution in [3.63, 3.8) is 0 Å². The molecular formula is C14H16N4O2. The van der Waals surface area contributed by atoms with Crippen LogP contribution in [-0.2, 0) is 4.74 Å². The molecule has 1 aliphatic heterocycles. The van der Waals surface area contributed by atoms with Crippen molar-refractivity contribution in [3.8, 4) is 5.69 Å². The van der Waals surface area contributed by atoms with Crippen LogP contribution in [0, 0.1) is 0 Å². The van der Waals surface area contributed by atoms with E-state index < -0.39 is 0 Å². The van der Waals surface area contributed by atoms with E-state index in [1.807, 2.05) is 24.0 Å². The quantitative estimate of drug-likeness (QED) is 0.822. The molecule has 0 N–H and O–H groups in total. The van der Waals surface area contributed by atoms with Gasteiger partial charge in [-0.2, -0.15) is 5.10 Å². The summed E-state index contributed by atoms with van der Waals surface area (Å²) >= 11 is 0. The lowest BCUT2D eigenvalue weighted by atomic mass is 10.2. The molecule has 20 heavy (non-hydrogen) atoms. The Morgan fingerprint density at radius 3 is 3.10 bits per heavy atom. The minimum Gasteiger partial charge on any atom is -0.377 e. The molecular weight excluding hydrogens is 256 g/mol. The summed E-state index contributed by atoms with van der Waals surface area (Å²) in [5.74, 6) is -0.00376. The highest BCUT2D eigenvalue weighted by Crippen LogP contribution is 2.13. The number of nitrogens with zero attached hydrogens (tertiary/aromatic N) is 4. The standard InChI is InChI=1S/C14H16N4O2/c1-11-10-20-6-5-17(11)14(19)12-7-16-18(9-12)13-3-2-4-15-8-13/h2-4,7-9,11H,5-6,10H2,1H3/t11-/m1/s1. The molecule has 1 amide bonds. The molecule has 0 unspecified atom stereocenters. The molecule has 6 nitrogen and oxygen atoms in total. The van der Waals surface area contributed by atoms with E-state index in [-0.39, 0.29) is 11.9 Å². The summed E-state index contributed by atoms with van der Waals surface area (Å²) in [6, 6.07) is 3.83. The van der Waals surface area contributed by atoms with Crippen LogP contribution in [0.5, 0.6) is 0 Å². The van der Waals surface area contributed by atoms with E-state index in [1.165, 1.54) is 0 Å². The molecule has 3 heterocycles. The average Bonchev–Trinajstić information content (AvgIpc) is 2.98. The van der Waals surface area contributed by atoms with Gasteiger partial charge in [0.2, 0.25) is 0 Å². The largest absolute Gasteiger partial charge is 0.377 e. The number of hydrogen-bond acceptors (Lipinski definition) is 4. The van der Waals surface area contributed by atoms with Crippen molar-refractivity contribution in [2.45, 2.75) is 13.0 Å². The predicted molar refractivity (Wildman–Crippen MR) is 72.7 cm³/mol. The number of rotatable bonds is 2. The molecule has 0 spiro atoms. The molecule has 104 valence electrons. The molecule has 3 rings (SSSR count). The van der Waals surface area contributed by atoms with Crippen LogP contribution < -0.4 is 0 Å². The second kappa shape index (κ2) is 5.42. The van der Waals surface area contributed by atoms with E-state index in [9.17, 15) is 4.79 Å². The zero-order valence-corrected chi connectivity index (χ0v) is 11.3. The highest BCUT2D eigenvalue weighted by Gasteiger charge is 2.25. The molecule has 0 saturated carbocycles. The highest BCUT2D eigenvalue weighted by molar-refractivity contribution is 5.94. The Hall–Kier alpha value is -2.21. The zero-order chi connectivity index (χ0) is 13.9. The van der Waals surface area contributed by atoms with Crippen molar-refractivity contribution >= 4 is 5.91 Å². The first-order valence-electron chi connectivity index (χ1n) is 6.59. The lowest BCUT2D eigenvalue weighted by Gasteiger charge is -2.32. The summed E-state index contributed by atoms with van der Waals surface area (Å²) < 4.78 is 7.01. The summed E-state index contributed by atoms with van der Waals surface area (Å²) in [4.78, 5) is 18.3. The van der Waals surface area contributed by atoms with E-state index >= 15 is 0 Å². The van der Waals surface area contributed by atoms with Crippen molar-refractivity contribution in [2.24, 2.45) is 0 Å². The maximum absolute atomic E-state index is 12.5. The Morgan fingerprint density at radius 1 is 1.45 bits per heavy atom. The van der Waals surface area contributed by atoms with Gasteiger partial charge in [-0.05, 0) is 19.1 Å². The Labute approximate surface area is 117 Å². The maximum atomic E-state index is 12.5. The Balaban J connectivity index is 1.81. The predicted octanol–water partition coefficient (Wildman–Crippen LogP) is 1.13. The van der Waals surface area contributed by atoms with Crippen molar-refractivity contribution in [2.75, 3.05) is 19.8 Å². The number of amides is 1. The van der Waals surface area contributed by atoms with Gasteiger partial charge >= 0.3 is 0 Å². The molecule has 0 radical (unpaired) electrons. The van der Waals surface area contributed by atoms with Crippen LogP contribution in [0.25, 0.3) is 5.69 Å². The Morgan fingerprint density at radius 2 is 2.35 bits per heavy atom. The summed E-state index contributed by atoms with van der Waals surface area (Å²) in [5.41, 5.74) is 1.42. The van der Waals surface area contributed by atoms with Crippen LogP contribution in [0.15, 0.2) is 36.9 Å². The summed E-state index contributed by atoms with van der Waals surface area (Å²) in [6.07, 6.45) is 6.74. The average molecular weight is 272 g/mol. The number of hydrogen-bond donors (Lipinski definition) is 0. The topological polar surface area (TPSA) is 60.2 Å². The van der Waals surface area contributed by atoms with Crippen LogP contribution in [0.4, 0.5) is 0 Å². The maximum Gasteiger partial charge on any atom is 0.257 e. The number of aromatic nitrogens is 3. The van der Waals surface area contributed by atoms with Gasteiger partial charge < -0.3 is 9.64 Å². The van der Waals surface area contributed by atoms with Gasteiger partial charge in [0.15, 0.2) is 0 Å². The van der Waals surface area contributed by atoms with Gasteiger partial charge in [-0.15, -0.1) is 0 Å². The van der Waals surface area contributed by atoms with E-state index in [0.717, 1.165) is 5.69 Å². The van der Waals surface area contributed by atoms with E-state index in [1.54, 1.807) is 29.5 Å².